The molecule has 0 spiro atoms. The van der Waals surface area contributed by atoms with Crippen molar-refractivity contribution < 1.29 is 19.5 Å². The van der Waals surface area contributed by atoms with E-state index >= 15 is 0 Å². The molecule has 6 N–H and O–H groups in total. The van der Waals surface area contributed by atoms with E-state index in [2.05, 4.69) is 30.6 Å². The maximum Gasteiger partial charge on any atom is 0.326 e. The van der Waals surface area contributed by atoms with Crippen molar-refractivity contribution in [2.45, 2.75) is 32.4 Å². The summed E-state index contributed by atoms with van der Waals surface area (Å²) < 4.78 is 0. The number of amides is 1. The molecule has 174 valence electrons. The Bertz CT molecular complexity index is 1180. The number of aromatic amines is 1. The van der Waals surface area contributed by atoms with E-state index < -0.39 is 23.5 Å². The van der Waals surface area contributed by atoms with Gasteiger partial charge >= 0.3 is 5.97 Å². The molecule has 2 atom stereocenters. The van der Waals surface area contributed by atoms with Gasteiger partial charge in [0, 0.05) is 11.3 Å². The molecular weight excluding hydrogens is 449 g/mol. The normalized spacial score (nSPS) is 11.1. The molecule has 0 aliphatic heterocycles. The summed E-state index contributed by atoms with van der Waals surface area (Å²) in [5.74, 6) is -1.54. The zero-order chi connectivity index (χ0) is 24.4. The lowest BCUT2D eigenvalue weighted by Gasteiger charge is -2.14. The summed E-state index contributed by atoms with van der Waals surface area (Å²) >= 11 is 0. The Morgan fingerprint density at radius 3 is 2.55 bits per heavy atom. The van der Waals surface area contributed by atoms with E-state index in [9.17, 15) is 14.4 Å². The fourth-order valence-corrected chi connectivity index (χ4v) is 2.78. The van der Waals surface area contributed by atoms with Crippen LogP contribution in [0.15, 0.2) is 35.3 Å². The molecule has 3 rings (SSSR count). The van der Waals surface area contributed by atoms with Gasteiger partial charge in [0.15, 0.2) is 11.2 Å². The second-order valence-electron chi connectivity index (χ2n) is 6.70. The maximum atomic E-state index is 12.2. The lowest BCUT2D eigenvalue weighted by molar-refractivity contribution is -0.139. The zero-order valence-corrected chi connectivity index (χ0v) is 18.9. The van der Waals surface area contributed by atoms with Crippen LogP contribution in [-0.4, -0.2) is 49.0 Å². The number of aromatic nitrogens is 4. The van der Waals surface area contributed by atoms with Crippen molar-refractivity contribution in [1.29, 1.82) is 0 Å². The Balaban J connectivity index is 0.00000122. The average molecular weight is 473 g/mol. The molecule has 1 aromatic carbocycles. The van der Waals surface area contributed by atoms with Crippen molar-refractivity contribution in [1.82, 2.24) is 25.3 Å². The van der Waals surface area contributed by atoms with E-state index in [0.717, 1.165) is 0 Å². The molecule has 12 nitrogen and oxygen atoms in total. The highest BCUT2D eigenvalue weighted by Gasteiger charge is 2.19. The number of nitrogen functional groups attached to an aromatic ring is 1. The SMILES string of the molecule is CCC[C@H](NC(=O)c1ccc(NCc2cnc3nc(N)[nH]c(=O)c3n2)cc1)C(=O)O.O=CP. The lowest BCUT2D eigenvalue weighted by Crippen LogP contribution is -2.40. The molecule has 0 aliphatic carbocycles. The van der Waals surface area contributed by atoms with Gasteiger partial charge in [-0.15, -0.1) is 0 Å². The quantitative estimate of drug-likeness (QED) is 0.232. The van der Waals surface area contributed by atoms with Crippen molar-refractivity contribution in [3.63, 3.8) is 0 Å². The first-order valence-corrected chi connectivity index (χ1v) is 10.5. The van der Waals surface area contributed by atoms with Gasteiger partial charge in [0.05, 0.1) is 18.4 Å². The molecule has 0 bridgehead atoms. The fraction of sp³-hybridized carbons (Fsp3) is 0.250. The number of fused-ring (bicyclic) bond motifs is 1. The van der Waals surface area contributed by atoms with E-state index in [4.69, 9.17) is 15.6 Å². The Morgan fingerprint density at radius 2 is 1.94 bits per heavy atom. The molecule has 2 aromatic heterocycles. The third-order valence-electron chi connectivity index (χ3n) is 4.29. The molecular formula is C20H24N7O5P. The molecule has 0 radical (unpaired) electrons. The summed E-state index contributed by atoms with van der Waals surface area (Å²) in [7, 11) is 1.90. The first-order chi connectivity index (χ1) is 15.8. The van der Waals surface area contributed by atoms with Crippen LogP contribution in [0.2, 0.25) is 0 Å². The van der Waals surface area contributed by atoms with Gasteiger partial charge in [-0.1, -0.05) is 22.6 Å². The molecule has 0 saturated carbocycles. The lowest BCUT2D eigenvalue weighted by atomic mass is 10.1. The number of anilines is 2. The molecule has 0 aliphatic rings. The van der Waals surface area contributed by atoms with Gasteiger partial charge in [-0.3, -0.25) is 19.4 Å². The minimum atomic E-state index is -1.06. The topological polar surface area (TPSA) is 193 Å². The molecule has 1 amide bonds. The summed E-state index contributed by atoms with van der Waals surface area (Å²) in [6, 6.07) is 6.31. The van der Waals surface area contributed by atoms with Crippen molar-refractivity contribution in [3.05, 3.63) is 52.1 Å². The van der Waals surface area contributed by atoms with Gasteiger partial charge < -0.3 is 21.5 Å². The maximum absolute atomic E-state index is 12.2. The largest absolute Gasteiger partial charge is 0.480 e. The van der Waals surface area contributed by atoms with Crippen LogP contribution in [0, 0.1) is 0 Å². The number of aliphatic carboxylic acids is 1. The van der Waals surface area contributed by atoms with Gasteiger partial charge in [0.1, 0.15) is 12.1 Å². The average Bonchev–Trinajstić information content (AvgIpc) is 2.78. The number of rotatable bonds is 8. The first-order valence-electron chi connectivity index (χ1n) is 9.83. The van der Waals surface area contributed by atoms with Crippen LogP contribution in [-0.2, 0) is 16.1 Å². The number of H-pyrrole nitrogens is 1. The predicted molar refractivity (Wildman–Crippen MR) is 126 cm³/mol. The van der Waals surface area contributed by atoms with Crippen LogP contribution in [0.4, 0.5) is 11.6 Å². The zero-order valence-electron chi connectivity index (χ0n) is 17.7. The number of carbonyl (C=O) groups is 3. The number of nitrogens with zero attached hydrogens (tertiary/aromatic N) is 3. The van der Waals surface area contributed by atoms with Crippen molar-refractivity contribution >= 4 is 49.9 Å². The van der Waals surface area contributed by atoms with Crippen LogP contribution in [0.25, 0.3) is 11.2 Å². The fourth-order valence-electron chi connectivity index (χ4n) is 2.78. The molecule has 3 aromatic rings. The summed E-state index contributed by atoms with van der Waals surface area (Å²) in [5, 5.41) is 14.8. The number of carbonyl (C=O) groups excluding carboxylic acids is 2. The van der Waals surface area contributed by atoms with Crippen molar-refractivity contribution in [2.75, 3.05) is 11.1 Å². The minimum Gasteiger partial charge on any atom is -0.480 e. The van der Waals surface area contributed by atoms with Gasteiger partial charge in [-0.2, -0.15) is 4.98 Å². The standard InChI is InChI=1S/C19H21N7O4.CH3OP/c1-2-3-13(18(29)30)24-16(27)10-4-6-11(7-5-10)21-8-12-9-22-15-14(23-12)17(28)26-19(20)25-15;2-1-3/h4-7,9,13,21H,2-3,8H2,1H3,(H,24,27)(H,29,30)(H3,20,22,25,26,28);1H,3H2/t13-;/m0./s1. The van der Waals surface area contributed by atoms with E-state index in [1.54, 1.807) is 24.3 Å². The molecule has 33 heavy (non-hydrogen) atoms. The molecule has 2 heterocycles. The Hall–Kier alpha value is -3.92. The van der Waals surface area contributed by atoms with E-state index in [0.29, 0.717) is 35.8 Å². The molecule has 1 unspecified atom stereocenters. The number of carboxylic acid groups (broad SMARTS) is 1. The van der Waals surface area contributed by atoms with Gasteiger partial charge in [0.2, 0.25) is 5.95 Å². The number of hydrogen-bond acceptors (Lipinski definition) is 9. The van der Waals surface area contributed by atoms with E-state index in [1.807, 2.05) is 16.2 Å². The summed E-state index contributed by atoms with van der Waals surface area (Å²) in [6.07, 6.45) is 2.49. The van der Waals surface area contributed by atoms with Gasteiger partial charge in [-0.25, -0.2) is 14.8 Å². The van der Waals surface area contributed by atoms with Gasteiger partial charge in [-0.05, 0) is 30.7 Å². The Kier molecular flexibility index (Phi) is 9.37. The number of nitrogens with one attached hydrogen (secondary N) is 3. The smallest absolute Gasteiger partial charge is 0.326 e. The molecule has 0 saturated heterocycles. The second kappa shape index (κ2) is 12.2. The summed E-state index contributed by atoms with van der Waals surface area (Å²) in [4.78, 5) is 58.7. The summed E-state index contributed by atoms with van der Waals surface area (Å²) in [6.45, 7) is 2.14. The highest BCUT2D eigenvalue weighted by atomic mass is 31.0. The highest BCUT2D eigenvalue weighted by molar-refractivity contribution is 7.36. The second-order valence-corrected chi connectivity index (χ2v) is 6.98. The minimum absolute atomic E-state index is 0.0267. The first kappa shape index (κ1) is 25.3. The van der Waals surface area contributed by atoms with E-state index in [-0.39, 0.29) is 23.7 Å². The number of benzene rings is 1. The van der Waals surface area contributed by atoms with Crippen molar-refractivity contribution in [2.24, 2.45) is 0 Å². The third kappa shape index (κ3) is 7.32. The van der Waals surface area contributed by atoms with Crippen LogP contribution in [0.1, 0.15) is 35.8 Å². The van der Waals surface area contributed by atoms with Crippen LogP contribution in [0.5, 0.6) is 0 Å². The summed E-state index contributed by atoms with van der Waals surface area (Å²) in [5.41, 5.74) is 6.85. The highest BCUT2D eigenvalue weighted by Crippen LogP contribution is 2.12. The van der Waals surface area contributed by atoms with Crippen molar-refractivity contribution in [3.8, 4) is 0 Å². The van der Waals surface area contributed by atoms with Crippen LogP contribution < -0.4 is 21.9 Å². The third-order valence-corrected chi connectivity index (χ3v) is 4.29. The Morgan fingerprint density at radius 1 is 1.27 bits per heavy atom. The number of nitrogens with two attached hydrogens (primary N) is 1. The molecule has 13 heteroatoms. The van der Waals surface area contributed by atoms with E-state index in [1.165, 1.54) is 6.20 Å². The molecule has 0 fully saturated rings. The monoisotopic (exact) mass is 473 g/mol. The van der Waals surface area contributed by atoms with Crippen LogP contribution in [0.3, 0.4) is 0 Å². The van der Waals surface area contributed by atoms with Gasteiger partial charge in [0.25, 0.3) is 11.5 Å². The number of carboxylic acids is 1. The Labute approximate surface area is 190 Å². The predicted octanol–water partition coefficient (Wildman–Crippen LogP) is 0.942. The van der Waals surface area contributed by atoms with Crippen LogP contribution >= 0.6 is 9.24 Å². The number of hydrogen-bond donors (Lipinski definition) is 5.